The molecule has 0 fully saturated rings. The molecule has 1 atom stereocenters. The van der Waals surface area contributed by atoms with Crippen LogP contribution in [0.2, 0.25) is 0 Å². The third-order valence-corrected chi connectivity index (χ3v) is 16.7. The minimum absolute atomic E-state index is 0.579. The van der Waals surface area contributed by atoms with Gasteiger partial charge in [-0.05, 0) is 151 Å². The van der Waals surface area contributed by atoms with Gasteiger partial charge in [-0.2, -0.15) is 0 Å². The molecule has 1 unspecified atom stereocenters. The molecule has 336 valence electrons. The average Bonchev–Trinajstić information content (AvgIpc) is 4.29. The summed E-state index contributed by atoms with van der Waals surface area (Å²) in [5.74, 6) is 0. The highest BCUT2D eigenvalue weighted by atomic mass is 16.3. The van der Waals surface area contributed by atoms with Gasteiger partial charge in [0.1, 0.15) is 22.3 Å². The van der Waals surface area contributed by atoms with Crippen molar-refractivity contribution in [2.24, 2.45) is 0 Å². The van der Waals surface area contributed by atoms with Crippen LogP contribution in [-0.2, 0) is 5.41 Å². The third-order valence-electron chi connectivity index (χ3n) is 16.7. The second-order valence-electron chi connectivity index (χ2n) is 20.0. The van der Waals surface area contributed by atoms with Gasteiger partial charge < -0.3 is 8.83 Å². The molecule has 1 spiro atoms. The molecule has 2 aliphatic rings. The summed E-state index contributed by atoms with van der Waals surface area (Å²) in [6.07, 6.45) is 0. The lowest BCUT2D eigenvalue weighted by Gasteiger charge is -2.32. The Kier molecular flexibility index (Phi) is 7.70. The molecular weight excluding hydrogens is 885 g/mol. The molecule has 2 heteroatoms. The van der Waals surface area contributed by atoms with Crippen LogP contribution in [0.3, 0.4) is 0 Å². The fourth-order valence-electron chi connectivity index (χ4n) is 14.0. The smallest absolute Gasteiger partial charge is 0.136 e. The van der Waals surface area contributed by atoms with Gasteiger partial charge >= 0.3 is 0 Å². The van der Waals surface area contributed by atoms with Gasteiger partial charge in [0.25, 0.3) is 0 Å². The maximum Gasteiger partial charge on any atom is 0.136 e. The van der Waals surface area contributed by atoms with E-state index < -0.39 is 5.41 Å². The molecule has 0 aliphatic heterocycles. The molecule has 0 radical (unpaired) electrons. The summed E-state index contributed by atoms with van der Waals surface area (Å²) in [4.78, 5) is 0. The third kappa shape index (κ3) is 4.97. The maximum atomic E-state index is 6.56. The van der Waals surface area contributed by atoms with E-state index in [-0.39, 0.29) is 0 Å². The number of hydrogen-bond acceptors (Lipinski definition) is 2. The van der Waals surface area contributed by atoms with E-state index in [1.54, 1.807) is 0 Å². The van der Waals surface area contributed by atoms with Crippen molar-refractivity contribution in [2.45, 2.75) is 5.41 Å². The maximum absolute atomic E-state index is 6.56. The Morgan fingerprint density at radius 1 is 0.219 bits per heavy atom. The molecule has 2 aromatic heterocycles. The first kappa shape index (κ1) is 39.2. The van der Waals surface area contributed by atoms with Gasteiger partial charge in [-0.25, -0.2) is 0 Å². The van der Waals surface area contributed by atoms with Crippen LogP contribution in [0.5, 0.6) is 0 Å². The summed E-state index contributed by atoms with van der Waals surface area (Å²) in [5, 5.41) is 14.4. The molecule has 2 nitrogen and oxygen atoms in total. The van der Waals surface area contributed by atoms with Crippen LogP contribution in [0.25, 0.3) is 143 Å². The van der Waals surface area contributed by atoms with Crippen LogP contribution < -0.4 is 0 Å². The SMILES string of the molecule is c1ccc2c(c1)-c1c(-c3c4cccc(-c5cccc6oc7ccccc7c56)c4cc4c(-c5cccc6oc7ccccc7c56)cccc34)cccc1C21c2ccccc2-c2c1c1ccccc1c1ccccc21. The molecule has 17 rings (SSSR count). The molecule has 0 N–H and O–H groups in total. The second-order valence-corrected chi connectivity index (χ2v) is 20.0. The average molecular weight is 925 g/mol. The van der Waals surface area contributed by atoms with E-state index >= 15 is 0 Å². The van der Waals surface area contributed by atoms with Crippen LogP contribution in [0.1, 0.15) is 22.3 Å². The standard InChI is InChI=1S/C71H40O2/c1-3-20-47-41(18-1)42-19-2-4-21-50(42)70-69(47)52-23-6-10-34-59(52)71(70)58-33-9-5-22-51(58)66-55(32-15-35-60(66)71)65-48-28-13-26-43(45-30-16-38-63-67(45)53-24-7-11-36-61(53)72-63)56(48)40-57-44(27-14-29-49(57)65)46-31-17-39-64-68(46)54-25-8-12-37-62(54)73-64/h1-40H. The fraction of sp³-hybridized carbons (Fsp3) is 0.0141. The predicted octanol–water partition coefficient (Wildman–Crippen LogP) is 19.4. The van der Waals surface area contributed by atoms with Crippen molar-refractivity contribution in [3.63, 3.8) is 0 Å². The van der Waals surface area contributed by atoms with Gasteiger partial charge in [-0.3, -0.25) is 0 Å². The van der Waals surface area contributed by atoms with Gasteiger partial charge in [0.15, 0.2) is 0 Å². The van der Waals surface area contributed by atoms with E-state index in [0.29, 0.717) is 0 Å². The summed E-state index contributed by atoms with van der Waals surface area (Å²) < 4.78 is 13.1. The summed E-state index contributed by atoms with van der Waals surface area (Å²) in [6.45, 7) is 0. The Balaban J connectivity index is 1.04. The Morgan fingerprint density at radius 3 is 1.19 bits per heavy atom. The van der Waals surface area contributed by atoms with Crippen LogP contribution in [0.15, 0.2) is 251 Å². The first-order chi connectivity index (χ1) is 36.3. The van der Waals surface area contributed by atoms with Crippen LogP contribution in [-0.4, -0.2) is 0 Å². The second kappa shape index (κ2) is 14.3. The summed E-state index contributed by atoms with van der Waals surface area (Å²) in [7, 11) is 0. The molecule has 2 heterocycles. The molecule has 2 aliphatic carbocycles. The van der Waals surface area contributed by atoms with Crippen LogP contribution in [0, 0.1) is 0 Å². The van der Waals surface area contributed by atoms with Crippen molar-refractivity contribution < 1.29 is 8.83 Å². The van der Waals surface area contributed by atoms with Gasteiger partial charge in [0.05, 0.1) is 5.41 Å². The highest BCUT2D eigenvalue weighted by Crippen LogP contribution is 2.67. The lowest BCUT2D eigenvalue weighted by molar-refractivity contribution is 0.668. The molecule has 73 heavy (non-hydrogen) atoms. The largest absolute Gasteiger partial charge is 0.456 e. The highest BCUT2D eigenvalue weighted by molar-refractivity contribution is 6.26. The molecule has 0 saturated carbocycles. The highest BCUT2D eigenvalue weighted by Gasteiger charge is 2.53. The number of fused-ring (bicyclic) bond motifs is 23. The van der Waals surface area contributed by atoms with Crippen molar-refractivity contribution in [3.05, 3.63) is 265 Å². The minimum atomic E-state index is -0.579. The molecule has 0 amide bonds. The van der Waals surface area contributed by atoms with Crippen molar-refractivity contribution in [2.75, 3.05) is 0 Å². The molecule has 13 aromatic carbocycles. The van der Waals surface area contributed by atoms with E-state index in [1.165, 1.54) is 110 Å². The molecule has 15 aromatic rings. The topological polar surface area (TPSA) is 26.3 Å². The van der Waals surface area contributed by atoms with Crippen molar-refractivity contribution in [1.29, 1.82) is 0 Å². The first-order valence-corrected chi connectivity index (χ1v) is 25.3. The zero-order chi connectivity index (χ0) is 47.5. The zero-order valence-corrected chi connectivity index (χ0v) is 39.4. The fourth-order valence-corrected chi connectivity index (χ4v) is 14.0. The van der Waals surface area contributed by atoms with E-state index in [1.807, 2.05) is 0 Å². The van der Waals surface area contributed by atoms with Crippen LogP contribution in [0.4, 0.5) is 0 Å². The van der Waals surface area contributed by atoms with Gasteiger partial charge in [0.2, 0.25) is 0 Å². The number of furan rings is 2. The first-order valence-electron chi connectivity index (χ1n) is 25.3. The monoisotopic (exact) mass is 924 g/mol. The molecule has 0 bridgehead atoms. The summed E-state index contributed by atoms with van der Waals surface area (Å²) >= 11 is 0. The van der Waals surface area contributed by atoms with Gasteiger partial charge in [-0.15, -0.1) is 0 Å². The van der Waals surface area contributed by atoms with E-state index in [4.69, 9.17) is 8.83 Å². The number of hydrogen-bond donors (Lipinski definition) is 0. The summed E-state index contributed by atoms with van der Waals surface area (Å²) in [5.41, 5.74) is 20.6. The Bertz CT molecular complexity index is 4760. The predicted molar refractivity (Wildman–Crippen MR) is 304 cm³/mol. The van der Waals surface area contributed by atoms with Crippen LogP contribution >= 0.6 is 0 Å². The lowest BCUT2D eigenvalue weighted by Crippen LogP contribution is -2.26. The Morgan fingerprint density at radius 2 is 0.589 bits per heavy atom. The lowest BCUT2D eigenvalue weighted by atomic mass is 9.69. The number of para-hydroxylation sites is 2. The Labute approximate surface area is 419 Å². The minimum Gasteiger partial charge on any atom is -0.456 e. The molecule has 0 saturated heterocycles. The normalized spacial score (nSPS) is 14.6. The van der Waals surface area contributed by atoms with Crippen molar-refractivity contribution >= 4 is 87.0 Å². The van der Waals surface area contributed by atoms with Crippen molar-refractivity contribution in [1.82, 2.24) is 0 Å². The van der Waals surface area contributed by atoms with E-state index in [0.717, 1.165) is 55.0 Å². The summed E-state index contributed by atoms with van der Waals surface area (Å²) in [6, 6.07) is 90.1. The van der Waals surface area contributed by atoms with Crippen molar-refractivity contribution in [3.8, 4) is 55.6 Å². The number of benzene rings is 13. The van der Waals surface area contributed by atoms with Gasteiger partial charge in [-0.1, -0.05) is 212 Å². The zero-order valence-electron chi connectivity index (χ0n) is 39.4. The Hall–Kier alpha value is -9.50. The van der Waals surface area contributed by atoms with E-state index in [2.05, 4.69) is 243 Å². The quantitative estimate of drug-likeness (QED) is 0.130. The van der Waals surface area contributed by atoms with E-state index in [9.17, 15) is 0 Å². The number of rotatable bonds is 3. The van der Waals surface area contributed by atoms with Gasteiger partial charge in [0, 0.05) is 21.5 Å². The molecular formula is C71H40O2.